The lowest BCUT2D eigenvalue weighted by Gasteiger charge is -2.14. The summed E-state index contributed by atoms with van der Waals surface area (Å²) >= 11 is 5.91. The van der Waals surface area contributed by atoms with E-state index in [1.165, 1.54) is 25.7 Å². The van der Waals surface area contributed by atoms with Crippen LogP contribution in [0.1, 0.15) is 36.0 Å². The van der Waals surface area contributed by atoms with E-state index in [2.05, 4.69) is 10.6 Å². The fraction of sp³-hybridized carbons (Fsp3) is 0.278. The maximum Gasteiger partial charge on any atom is 0.255 e. The second-order valence-corrected chi connectivity index (χ2v) is 6.10. The minimum atomic E-state index is -0.154. The van der Waals surface area contributed by atoms with E-state index in [0.29, 0.717) is 16.6 Å². The predicted octanol–water partition coefficient (Wildman–Crippen LogP) is 4.95. The van der Waals surface area contributed by atoms with Gasteiger partial charge in [0, 0.05) is 28.0 Å². The first kappa shape index (κ1) is 14.9. The van der Waals surface area contributed by atoms with E-state index in [0.717, 1.165) is 11.4 Å². The van der Waals surface area contributed by atoms with Crippen LogP contribution in [0.5, 0.6) is 0 Å². The Morgan fingerprint density at radius 1 is 1.00 bits per heavy atom. The van der Waals surface area contributed by atoms with Gasteiger partial charge in [0.05, 0.1) is 0 Å². The molecule has 0 atom stereocenters. The third-order valence-corrected chi connectivity index (χ3v) is 4.19. The fourth-order valence-electron chi connectivity index (χ4n) is 2.79. The van der Waals surface area contributed by atoms with Crippen LogP contribution in [0.15, 0.2) is 48.5 Å². The molecule has 0 aliphatic heterocycles. The summed E-state index contributed by atoms with van der Waals surface area (Å²) in [5.41, 5.74) is 2.44. The number of hydrogen-bond acceptors (Lipinski definition) is 2. The van der Waals surface area contributed by atoms with Crippen molar-refractivity contribution in [2.75, 3.05) is 10.6 Å². The Labute approximate surface area is 135 Å². The Balaban J connectivity index is 1.61. The van der Waals surface area contributed by atoms with Gasteiger partial charge in [-0.15, -0.1) is 0 Å². The molecular weight excluding hydrogens is 296 g/mol. The van der Waals surface area contributed by atoms with Gasteiger partial charge in [0.2, 0.25) is 0 Å². The van der Waals surface area contributed by atoms with E-state index in [4.69, 9.17) is 11.6 Å². The van der Waals surface area contributed by atoms with Crippen LogP contribution in [0.2, 0.25) is 5.02 Å². The van der Waals surface area contributed by atoms with E-state index in [-0.39, 0.29) is 5.91 Å². The van der Waals surface area contributed by atoms with E-state index >= 15 is 0 Å². The molecule has 0 spiro atoms. The molecule has 2 N–H and O–H groups in total. The molecule has 2 aromatic rings. The molecule has 0 radical (unpaired) electrons. The van der Waals surface area contributed by atoms with Crippen LogP contribution >= 0.6 is 11.6 Å². The van der Waals surface area contributed by atoms with Crippen LogP contribution < -0.4 is 10.6 Å². The molecule has 0 bridgehead atoms. The van der Waals surface area contributed by atoms with Crippen LogP contribution in [0.25, 0.3) is 0 Å². The van der Waals surface area contributed by atoms with E-state index in [1.807, 2.05) is 24.3 Å². The molecule has 0 unspecified atom stereocenters. The van der Waals surface area contributed by atoms with Crippen molar-refractivity contribution in [1.29, 1.82) is 0 Å². The second-order valence-electron chi connectivity index (χ2n) is 5.67. The molecule has 3 nitrogen and oxygen atoms in total. The number of carbonyl (C=O) groups excluding carboxylic acids is 1. The first-order valence-electron chi connectivity index (χ1n) is 7.64. The Morgan fingerprint density at radius 3 is 2.36 bits per heavy atom. The summed E-state index contributed by atoms with van der Waals surface area (Å²) in [6, 6.07) is 15.4. The Bertz CT molecular complexity index is 648. The molecule has 2 aromatic carbocycles. The molecule has 4 heteroatoms. The first-order chi connectivity index (χ1) is 10.7. The van der Waals surface area contributed by atoms with Crippen LogP contribution in [0.4, 0.5) is 11.4 Å². The summed E-state index contributed by atoms with van der Waals surface area (Å²) < 4.78 is 0. The van der Waals surface area contributed by atoms with Crippen LogP contribution in [0.3, 0.4) is 0 Å². The normalized spacial score (nSPS) is 14.8. The maximum atomic E-state index is 12.1. The average Bonchev–Trinajstić information content (AvgIpc) is 3.02. The quantitative estimate of drug-likeness (QED) is 0.838. The lowest BCUT2D eigenvalue weighted by atomic mass is 10.2. The molecule has 0 aromatic heterocycles. The molecule has 1 saturated carbocycles. The van der Waals surface area contributed by atoms with Crippen molar-refractivity contribution < 1.29 is 4.79 Å². The van der Waals surface area contributed by atoms with Gasteiger partial charge < -0.3 is 10.6 Å². The van der Waals surface area contributed by atoms with Gasteiger partial charge in [0.25, 0.3) is 5.91 Å². The Hall–Kier alpha value is -2.00. The molecule has 22 heavy (non-hydrogen) atoms. The smallest absolute Gasteiger partial charge is 0.255 e. The van der Waals surface area contributed by atoms with Gasteiger partial charge in [0.15, 0.2) is 0 Å². The van der Waals surface area contributed by atoms with E-state index in [9.17, 15) is 4.79 Å². The number of hydrogen-bond donors (Lipinski definition) is 2. The lowest BCUT2D eigenvalue weighted by molar-refractivity contribution is 0.102. The molecule has 1 aliphatic rings. The van der Waals surface area contributed by atoms with Crippen LogP contribution in [0, 0.1) is 0 Å². The molecule has 1 fully saturated rings. The highest BCUT2D eigenvalue weighted by Gasteiger charge is 2.14. The number of amides is 1. The molecule has 0 heterocycles. The van der Waals surface area contributed by atoms with Gasteiger partial charge in [-0.05, 0) is 55.3 Å². The van der Waals surface area contributed by atoms with Crippen molar-refractivity contribution in [2.45, 2.75) is 31.7 Å². The van der Waals surface area contributed by atoms with E-state index < -0.39 is 0 Å². The van der Waals surface area contributed by atoms with Gasteiger partial charge in [-0.1, -0.05) is 30.5 Å². The van der Waals surface area contributed by atoms with Gasteiger partial charge in [-0.2, -0.15) is 0 Å². The number of carbonyl (C=O) groups is 1. The number of anilines is 2. The zero-order valence-corrected chi connectivity index (χ0v) is 13.1. The van der Waals surface area contributed by atoms with E-state index in [1.54, 1.807) is 24.3 Å². The average molecular weight is 315 g/mol. The van der Waals surface area contributed by atoms with Gasteiger partial charge >= 0.3 is 0 Å². The fourth-order valence-corrected chi connectivity index (χ4v) is 2.98. The van der Waals surface area contributed by atoms with Crippen molar-refractivity contribution in [3.05, 3.63) is 59.1 Å². The van der Waals surface area contributed by atoms with Crippen LogP contribution in [-0.4, -0.2) is 11.9 Å². The molecule has 1 aliphatic carbocycles. The molecular formula is C18H19ClN2O. The minimum Gasteiger partial charge on any atom is -0.382 e. The number of nitrogens with one attached hydrogen (secondary N) is 2. The first-order valence-corrected chi connectivity index (χ1v) is 8.02. The number of rotatable bonds is 4. The van der Waals surface area contributed by atoms with Crippen molar-refractivity contribution in [3.8, 4) is 0 Å². The number of benzene rings is 2. The predicted molar refractivity (Wildman–Crippen MR) is 91.7 cm³/mol. The third-order valence-electron chi connectivity index (χ3n) is 3.96. The summed E-state index contributed by atoms with van der Waals surface area (Å²) in [5.74, 6) is -0.154. The van der Waals surface area contributed by atoms with Crippen LogP contribution in [-0.2, 0) is 0 Å². The second kappa shape index (κ2) is 6.84. The summed E-state index contributed by atoms with van der Waals surface area (Å²) in [6.07, 6.45) is 5.11. The molecule has 0 saturated heterocycles. The molecule has 1 amide bonds. The van der Waals surface area contributed by atoms with Crippen molar-refractivity contribution >= 4 is 28.9 Å². The van der Waals surface area contributed by atoms with Gasteiger partial charge in [-0.25, -0.2) is 0 Å². The highest BCUT2D eigenvalue weighted by atomic mass is 35.5. The highest BCUT2D eigenvalue weighted by molar-refractivity contribution is 6.31. The molecule has 114 valence electrons. The van der Waals surface area contributed by atoms with Crippen molar-refractivity contribution in [1.82, 2.24) is 0 Å². The SMILES string of the molecule is O=C(Nc1ccc(NC2CCCC2)cc1)c1cccc(Cl)c1. The Morgan fingerprint density at radius 2 is 1.68 bits per heavy atom. The zero-order valence-electron chi connectivity index (χ0n) is 12.3. The van der Waals surface area contributed by atoms with Crippen molar-refractivity contribution in [3.63, 3.8) is 0 Å². The largest absolute Gasteiger partial charge is 0.382 e. The van der Waals surface area contributed by atoms with Gasteiger partial charge in [-0.3, -0.25) is 4.79 Å². The zero-order chi connectivity index (χ0) is 15.4. The third kappa shape index (κ3) is 3.80. The maximum absolute atomic E-state index is 12.1. The minimum absolute atomic E-state index is 0.154. The highest BCUT2D eigenvalue weighted by Crippen LogP contribution is 2.23. The standard InChI is InChI=1S/C18H19ClN2O/c19-14-5-3-4-13(12-14)18(22)21-17-10-8-16(9-11-17)20-15-6-1-2-7-15/h3-5,8-12,15,20H,1-2,6-7H2,(H,21,22). The number of halogens is 1. The topological polar surface area (TPSA) is 41.1 Å². The monoisotopic (exact) mass is 314 g/mol. The van der Waals surface area contributed by atoms with Crippen molar-refractivity contribution in [2.24, 2.45) is 0 Å². The lowest BCUT2D eigenvalue weighted by Crippen LogP contribution is -2.14. The van der Waals surface area contributed by atoms with Gasteiger partial charge in [0.1, 0.15) is 0 Å². The Kier molecular flexibility index (Phi) is 4.64. The summed E-state index contributed by atoms with van der Waals surface area (Å²) in [7, 11) is 0. The summed E-state index contributed by atoms with van der Waals surface area (Å²) in [6.45, 7) is 0. The summed E-state index contributed by atoms with van der Waals surface area (Å²) in [4.78, 5) is 12.1. The molecule has 3 rings (SSSR count). The summed E-state index contributed by atoms with van der Waals surface area (Å²) in [5, 5.41) is 6.97.